The average Bonchev–Trinajstić information content (AvgIpc) is 2.27. The highest BCUT2D eigenvalue weighted by molar-refractivity contribution is 6.35. The number of carbonyl (C=O) groups excluding carboxylic acids is 1. The fourth-order valence-electron chi connectivity index (χ4n) is 1.40. The fraction of sp³-hybridized carbons (Fsp3) is 0.0909. The van der Waals surface area contributed by atoms with Crippen LogP contribution in [0.3, 0.4) is 0 Å². The number of methoxy groups -OCH3 is 1. The maximum Gasteiger partial charge on any atom is 0.356 e. The Morgan fingerprint density at radius 3 is 2.75 bits per heavy atom. The molecule has 0 aliphatic carbocycles. The Morgan fingerprint density at radius 2 is 2.06 bits per heavy atom. The third-order valence-corrected chi connectivity index (χ3v) is 2.66. The number of rotatable bonds is 1. The molecule has 2 rings (SSSR count). The molecular formula is C11H7Cl2NO2. The molecule has 1 aromatic heterocycles. The topological polar surface area (TPSA) is 39.2 Å². The highest BCUT2D eigenvalue weighted by Crippen LogP contribution is 2.25. The minimum Gasteiger partial charge on any atom is -0.464 e. The first-order valence-electron chi connectivity index (χ1n) is 4.46. The number of nitrogens with zero attached hydrogens (tertiary/aromatic N) is 1. The Balaban J connectivity index is 2.69. The molecule has 82 valence electrons. The molecule has 0 saturated carbocycles. The summed E-state index contributed by atoms with van der Waals surface area (Å²) in [5, 5.41) is 2.34. The summed E-state index contributed by atoms with van der Waals surface area (Å²) < 4.78 is 4.58. The fourth-order valence-corrected chi connectivity index (χ4v) is 1.84. The molecule has 1 heterocycles. The molecule has 0 spiro atoms. The first kappa shape index (κ1) is 11.2. The Morgan fingerprint density at radius 1 is 1.31 bits per heavy atom. The van der Waals surface area contributed by atoms with Gasteiger partial charge in [-0.15, -0.1) is 0 Å². The summed E-state index contributed by atoms with van der Waals surface area (Å²) in [6, 6.07) is 6.79. The molecule has 16 heavy (non-hydrogen) atoms. The second-order valence-electron chi connectivity index (χ2n) is 3.16. The van der Waals surface area contributed by atoms with E-state index in [2.05, 4.69) is 9.72 Å². The van der Waals surface area contributed by atoms with E-state index in [1.165, 1.54) is 7.11 Å². The van der Waals surface area contributed by atoms with E-state index in [4.69, 9.17) is 23.2 Å². The number of aromatic nitrogens is 1. The van der Waals surface area contributed by atoms with E-state index in [1.54, 1.807) is 24.3 Å². The first-order valence-corrected chi connectivity index (χ1v) is 5.21. The number of hydrogen-bond acceptors (Lipinski definition) is 3. The van der Waals surface area contributed by atoms with Crippen molar-refractivity contribution >= 4 is 39.9 Å². The van der Waals surface area contributed by atoms with E-state index < -0.39 is 5.97 Å². The second kappa shape index (κ2) is 4.28. The van der Waals surface area contributed by atoms with Crippen LogP contribution in [-0.2, 0) is 4.74 Å². The van der Waals surface area contributed by atoms with Gasteiger partial charge in [0.05, 0.1) is 7.11 Å². The number of halogens is 2. The summed E-state index contributed by atoms with van der Waals surface area (Å²) in [5.74, 6) is -0.524. The van der Waals surface area contributed by atoms with E-state index in [0.29, 0.717) is 5.02 Å². The number of pyridine rings is 1. The molecule has 0 unspecified atom stereocenters. The molecule has 0 radical (unpaired) electrons. The summed E-state index contributed by atoms with van der Waals surface area (Å²) in [4.78, 5) is 15.3. The minimum atomic E-state index is -0.524. The maximum atomic E-state index is 11.3. The van der Waals surface area contributed by atoms with Gasteiger partial charge in [-0.25, -0.2) is 9.78 Å². The number of benzene rings is 1. The van der Waals surface area contributed by atoms with Crippen molar-refractivity contribution in [2.75, 3.05) is 7.11 Å². The van der Waals surface area contributed by atoms with Crippen LogP contribution < -0.4 is 0 Å². The normalized spacial score (nSPS) is 10.4. The van der Waals surface area contributed by atoms with Gasteiger partial charge in [0.1, 0.15) is 5.15 Å². The molecule has 3 nitrogen and oxygen atoms in total. The lowest BCUT2D eigenvalue weighted by atomic mass is 10.1. The number of fused-ring (bicyclic) bond motifs is 1. The molecule has 1 aromatic carbocycles. The molecule has 0 bridgehead atoms. The summed E-state index contributed by atoms with van der Waals surface area (Å²) in [5.41, 5.74) is 0.169. The smallest absolute Gasteiger partial charge is 0.356 e. The van der Waals surface area contributed by atoms with E-state index >= 15 is 0 Å². The van der Waals surface area contributed by atoms with Crippen molar-refractivity contribution in [2.24, 2.45) is 0 Å². The first-order chi connectivity index (χ1) is 7.61. The van der Waals surface area contributed by atoms with Gasteiger partial charge in [-0.1, -0.05) is 23.2 Å². The van der Waals surface area contributed by atoms with Crippen LogP contribution >= 0.6 is 23.2 Å². The second-order valence-corrected chi connectivity index (χ2v) is 3.95. The van der Waals surface area contributed by atoms with Crippen LogP contribution in [0.5, 0.6) is 0 Å². The molecular weight excluding hydrogens is 249 g/mol. The SMILES string of the molecule is COC(=O)c1cc2cc(Cl)ccc2c(Cl)n1. The summed E-state index contributed by atoms with van der Waals surface area (Å²) >= 11 is 11.8. The number of ether oxygens (including phenoxy) is 1. The van der Waals surface area contributed by atoms with Gasteiger partial charge < -0.3 is 4.74 Å². The molecule has 5 heteroatoms. The van der Waals surface area contributed by atoms with Crippen molar-refractivity contribution in [3.05, 3.63) is 40.1 Å². The van der Waals surface area contributed by atoms with Crippen molar-refractivity contribution in [1.82, 2.24) is 4.98 Å². The van der Waals surface area contributed by atoms with Crippen LogP contribution in [0.2, 0.25) is 10.2 Å². The van der Waals surface area contributed by atoms with E-state index in [-0.39, 0.29) is 10.8 Å². The van der Waals surface area contributed by atoms with Crippen LogP contribution in [0.1, 0.15) is 10.5 Å². The Bertz CT molecular complexity index is 569. The largest absolute Gasteiger partial charge is 0.464 e. The highest BCUT2D eigenvalue weighted by Gasteiger charge is 2.11. The van der Waals surface area contributed by atoms with Crippen LogP contribution in [0.25, 0.3) is 10.8 Å². The molecule has 0 aliphatic heterocycles. The van der Waals surface area contributed by atoms with Gasteiger partial charge in [-0.05, 0) is 29.7 Å². The van der Waals surface area contributed by atoms with Crippen LogP contribution in [0.15, 0.2) is 24.3 Å². The van der Waals surface area contributed by atoms with Gasteiger partial charge in [-0.2, -0.15) is 0 Å². The summed E-state index contributed by atoms with van der Waals surface area (Å²) in [6.45, 7) is 0. The van der Waals surface area contributed by atoms with Crippen molar-refractivity contribution in [1.29, 1.82) is 0 Å². The van der Waals surface area contributed by atoms with Crippen molar-refractivity contribution < 1.29 is 9.53 Å². The lowest BCUT2D eigenvalue weighted by Gasteiger charge is -2.04. The van der Waals surface area contributed by atoms with Crippen molar-refractivity contribution in [2.45, 2.75) is 0 Å². The molecule has 0 N–H and O–H groups in total. The molecule has 0 atom stereocenters. The third-order valence-electron chi connectivity index (χ3n) is 2.14. The lowest BCUT2D eigenvalue weighted by molar-refractivity contribution is 0.0594. The standard InChI is InChI=1S/C11H7Cl2NO2/c1-16-11(15)9-5-6-4-7(12)2-3-8(6)10(13)14-9/h2-5H,1H3. The Kier molecular flexibility index (Phi) is 2.99. The predicted molar refractivity (Wildman–Crippen MR) is 63.1 cm³/mol. The van der Waals surface area contributed by atoms with E-state index in [1.807, 2.05) is 0 Å². The van der Waals surface area contributed by atoms with Crippen LogP contribution in [0.4, 0.5) is 0 Å². The quantitative estimate of drug-likeness (QED) is 0.580. The third kappa shape index (κ3) is 1.96. The van der Waals surface area contributed by atoms with Crippen LogP contribution in [-0.4, -0.2) is 18.1 Å². The zero-order valence-electron chi connectivity index (χ0n) is 8.33. The van der Waals surface area contributed by atoms with Gasteiger partial charge in [-0.3, -0.25) is 0 Å². The van der Waals surface area contributed by atoms with Crippen molar-refractivity contribution in [3.63, 3.8) is 0 Å². The minimum absolute atomic E-state index is 0.169. The van der Waals surface area contributed by atoms with E-state index in [9.17, 15) is 4.79 Å². The number of carbonyl (C=O) groups is 1. The molecule has 2 aromatic rings. The van der Waals surface area contributed by atoms with Gasteiger partial charge in [0.15, 0.2) is 5.69 Å². The Labute approximate surface area is 102 Å². The van der Waals surface area contributed by atoms with Crippen molar-refractivity contribution in [3.8, 4) is 0 Å². The van der Waals surface area contributed by atoms with E-state index in [0.717, 1.165) is 10.8 Å². The summed E-state index contributed by atoms with van der Waals surface area (Å²) in [7, 11) is 1.29. The highest BCUT2D eigenvalue weighted by atomic mass is 35.5. The maximum absolute atomic E-state index is 11.3. The zero-order chi connectivity index (χ0) is 11.7. The molecule has 0 fully saturated rings. The molecule has 0 amide bonds. The number of esters is 1. The summed E-state index contributed by atoms with van der Waals surface area (Å²) in [6.07, 6.45) is 0. The predicted octanol–water partition coefficient (Wildman–Crippen LogP) is 3.33. The average molecular weight is 256 g/mol. The van der Waals surface area contributed by atoms with Crippen LogP contribution in [0, 0.1) is 0 Å². The molecule has 0 saturated heterocycles. The Hall–Kier alpha value is -1.32. The lowest BCUT2D eigenvalue weighted by Crippen LogP contribution is -2.04. The monoisotopic (exact) mass is 255 g/mol. The number of hydrogen-bond donors (Lipinski definition) is 0. The van der Waals surface area contributed by atoms with Gasteiger partial charge >= 0.3 is 5.97 Å². The zero-order valence-corrected chi connectivity index (χ0v) is 9.84. The van der Waals surface area contributed by atoms with Gasteiger partial charge in [0.2, 0.25) is 0 Å². The molecule has 0 aliphatic rings. The van der Waals surface area contributed by atoms with Gasteiger partial charge in [0, 0.05) is 10.4 Å². The van der Waals surface area contributed by atoms with Gasteiger partial charge in [0.25, 0.3) is 0 Å².